The van der Waals surface area contributed by atoms with Crippen LogP contribution < -0.4 is 0 Å². The summed E-state index contributed by atoms with van der Waals surface area (Å²) in [6.45, 7) is 5.26. The van der Waals surface area contributed by atoms with Crippen molar-refractivity contribution in [3.05, 3.63) is 173 Å². The van der Waals surface area contributed by atoms with Crippen molar-refractivity contribution in [1.29, 1.82) is 0 Å². The predicted octanol–water partition coefficient (Wildman–Crippen LogP) is 6.65. The largest absolute Gasteiger partial charge is 0.507 e. The second-order valence-corrected chi connectivity index (χ2v) is 11.7. The Morgan fingerprint density at radius 2 is 0.958 bits per heavy atom. The molecule has 48 heavy (non-hydrogen) atoms. The molecule has 0 aliphatic carbocycles. The molecule has 5 heterocycles. The Balaban J connectivity index is 1.36. The van der Waals surface area contributed by atoms with Gasteiger partial charge in [0, 0.05) is 81.4 Å². The zero-order chi connectivity index (χ0) is 33.0. The third-order valence-corrected chi connectivity index (χ3v) is 7.77. The molecule has 0 bridgehead atoms. The zero-order valence-corrected chi connectivity index (χ0v) is 27.0. The molecule has 5 aromatic heterocycles. The van der Waals surface area contributed by atoms with Gasteiger partial charge in [-0.15, -0.1) is 0 Å². The van der Waals surface area contributed by atoms with Gasteiger partial charge in [0.15, 0.2) is 0 Å². The number of aromatic nitrogens is 6. The van der Waals surface area contributed by atoms with Crippen LogP contribution in [0.1, 0.15) is 50.9 Å². The maximum Gasteiger partial charge on any atom is 0.124 e. The molecule has 0 atom stereocenters. The first-order valence-electron chi connectivity index (χ1n) is 15.9. The Bertz CT molecular complexity index is 1700. The minimum Gasteiger partial charge on any atom is -0.507 e. The average Bonchev–Trinajstić information content (AvgIpc) is 3.11. The molecule has 0 aliphatic rings. The molecule has 0 saturated carbocycles. The second-order valence-electron chi connectivity index (χ2n) is 11.7. The van der Waals surface area contributed by atoms with E-state index in [4.69, 9.17) is 0 Å². The normalized spacial score (nSPS) is 11.5. The molecular formula is C39H38N8O. The summed E-state index contributed by atoms with van der Waals surface area (Å²) < 4.78 is 0. The summed E-state index contributed by atoms with van der Waals surface area (Å²) in [7, 11) is 0. The molecule has 6 aromatic rings. The number of benzene rings is 1. The lowest BCUT2D eigenvalue weighted by molar-refractivity contribution is 0.231. The first-order chi connectivity index (χ1) is 23.6. The molecule has 6 rings (SSSR count). The van der Waals surface area contributed by atoms with Crippen molar-refractivity contribution >= 4 is 12.2 Å². The van der Waals surface area contributed by atoms with E-state index in [1.165, 1.54) is 0 Å². The van der Waals surface area contributed by atoms with Crippen molar-refractivity contribution < 1.29 is 5.11 Å². The van der Waals surface area contributed by atoms with Crippen molar-refractivity contribution in [2.75, 3.05) is 0 Å². The van der Waals surface area contributed by atoms with Crippen LogP contribution in [0.25, 0.3) is 12.2 Å². The SMILES string of the molecule is Cc1cnc(/C=C/c2cc(CN(Cc3ccccn3)Cc3ccccn3)c(O)c(CN(Cc3ccccn3)Cc3ccccn3)c2)cn1. The third kappa shape index (κ3) is 9.45. The summed E-state index contributed by atoms with van der Waals surface area (Å²) in [5.74, 6) is 0.265. The monoisotopic (exact) mass is 634 g/mol. The predicted molar refractivity (Wildman–Crippen MR) is 187 cm³/mol. The Kier molecular flexibility index (Phi) is 10.9. The third-order valence-electron chi connectivity index (χ3n) is 7.77. The van der Waals surface area contributed by atoms with E-state index in [1.54, 1.807) is 37.2 Å². The molecule has 0 fully saturated rings. The minimum absolute atomic E-state index is 0.265. The Hall–Kier alpha value is -5.64. The number of phenols is 1. The lowest BCUT2D eigenvalue weighted by Gasteiger charge is -2.25. The van der Waals surface area contributed by atoms with Crippen molar-refractivity contribution in [2.24, 2.45) is 0 Å². The van der Waals surface area contributed by atoms with Gasteiger partial charge in [-0.25, -0.2) is 0 Å². The number of rotatable bonds is 14. The van der Waals surface area contributed by atoms with Crippen LogP contribution in [0.4, 0.5) is 0 Å². The fraction of sp³-hybridized carbons (Fsp3) is 0.179. The number of pyridine rings is 4. The van der Waals surface area contributed by atoms with E-state index in [9.17, 15) is 5.11 Å². The van der Waals surface area contributed by atoms with Crippen LogP contribution in [0, 0.1) is 6.92 Å². The van der Waals surface area contributed by atoms with Crippen LogP contribution in [0.3, 0.4) is 0 Å². The number of hydrogen-bond acceptors (Lipinski definition) is 9. The van der Waals surface area contributed by atoms with Gasteiger partial charge in [0.05, 0.1) is 40.4 Å². The number of phenolic OH excluding ortho intramolecular Hbond substituents is 1. The Morgan fingerprint density at radius 3 is 1.31 bits per heavy atom. The summed E-state index contributed by atoms with van der Waals surface area (Å²) in [6.07, 6.45) is 14.7. The maximum atomic E-state index is 11.9. The topological polar surface area (TPSA) is 104 Å². The van der Waals surface area contributed by atoms with Gasteiger partial charge in [-0.2, -0.15) is 0 Å². The van der Waals surface area contributed by atoms with Crippen LogP contribution in [-0.2, 0) is 39.3 Å². The van der Waals surface area contributed by atoms with E-state index in [0.29, 0.717) is 39.3 Å². The highest BCUT2D eigenvalue weighted by Crippen LogP contribution is 2.30. The van der Waals surface area contributed by atoms with Gasteiger partial charge in [0.25, 0.3) is 0 Å². The molecule has 0 radical (unpaired) electrons. The van der Waals surface area contributed by atoms with E-state index in [0.717, 1.165) is 50.9 Å². The second kappa shape index (κ2) is 16.3. The molecule has 0 unspecified atom stereocenters. The van der Waals surface area contributed by atoms with Gasteiger partial charge in [0.1, 0.15) is 5.75 Å². The van der Waals surface area contributed by atoms with Crippen LogP contribution >= 0.6 is 0 Å². The van der Waals surface area contributed by atoms with Gasteiger partial charge < -0.3 is 5.11 Å². The van der Waals surface area contributed by atoms with E-state index < -0.39 is 0 Å². The van der Waals surface area contributed by atoms with Gasteiger partial charge in [-0.05, 0) is 79.2 Å². The van der Waals surface area contributed by atoms with Gasteiger partial charge >= 0.3 is 0 Å². The van der Waals surface area contributed by atoms with Crippen molar-refractivity contribution in [2.45, 2.75) is 46.2 Å². The first-order valence-corrected chi connectivity index (χ1v) is 15.9. The summed E-state index contributed by atoms with van der Waals surface area (Å²) in [5, 5.41) is 11.9. The summed E-state index contributed by atoms with van der Waals surface area (Å²) in [5.41, 5.74) is 7.97. The molecule has 0 spiro atoms. The highest BCUT2D eigenvalue weighted by Gasteiger charge is 2.18. The Morgan fingerprint density at radius 1 is 0.521 bits per heavy atom. The fourth-order valence-electron chi connectivity index (χ4n) is 5.49. The van der Waals surface area contributed by atoms with E-state index >= 15 is 0 Å². The van der Waals surface area contributed by atoms with Gasteiger partial charge in [0.2, 0.25) is 0 Å². The van der Waals surface area contributed by atoms with Crippen molar-refractivity contribution in [3.8, 4) is 5.75 Å². The number of hydrogen-bond donors (Lipinski definition) is 1. The number of aryl methyl sites for hydroxylation is 1. The quantitative estimate of drug-likeness (QED) is 0.141. The molecule has 240 valence electrons. The van der Waals surface area contributed by atoms with E-state index in [2.05, 4.69) is 39.7 Å². The highest BCUT2D eigenvalue weighted by atomic mass is 16.3. The fourth-order valence-corrected chi connectivity index (χ4v) is 5.49. The summed E-state index contributed by atoms with van der Waals surface area (Å²) in [6, 6.07) is 27.8. The lowest BCUT2D eigenvalue weighted by Crippen LogP contribution is -2.25. The molecule has 0 amide bonds. The molecule has 0 aliphatic heterocycles. The molecular weight excluding hydrogens is 596 g/mol. The highest BCUT2D eigenvalue weighted by molar-refractivity contribution is 5.69. The van der Waals surface area contributed by atoms with E-state index in [-0.39, 0.29) is 5.75 Å². The molecule has 1 N–H and O–H groups in total. The molecule has 9 nitrogen and oxygen atoms in total. The number of aromatic hydroxyl groups is 1. The first kappa shape index (κ1) is 32.3. The summed E-state index contributed by atoms with van der Waals surface area (Å²) in [4.78, 5) is 31.7. The van der Waals surface area contributed by atoms with Crippen LogP contribution in [0.2, 0.25) is 0 Å². The lowest BCUT2D eigenvalue weighted by atomic mass is 10.0. The Labute approximate surface area is 281 Å². The van der Waals surface area contributed by atoms with Crippen LogP contribution in [0.5, 0.6) is 5.75 Å². The average molecular weight is 635 g/mol. The minimum atomic E-state index is 0.265. The molecule has 0 saturated heterocycles. The smallest absolute Gasteiger partial charge is 0.124 e. The molecule has 9 heteroatoms. The van der Waals surface area contributed by atoms with Crippen molar-refractivity contribution in [1.82, 2.24) is 39.7 Å². The zero-order valence-electron chi connectivity index (χ0n) is 27.0. The maximum absolute atomic E-state index is 11.9. The standard InChI is InChI=1S/C39H38N8O/c1-30-22-45-34(23-44-30)15-14-31-20-32(24-46(26-35-10-2-6-16-40-35)27-36-11-3-7-17-41-36)39(48)33(21-31)25-47(28-37-12-4-8-18-42-37)29-38-13-5-9-19-43-38/h2-23,48H,24-29H2,1H3/b15-14+. The van der Waals surface area contributed by atoms with E-state index in [1.807, 2.05) is 104 Å². The van der Waals surface area contributed by atoms with Crippen LogP contribution in [0.15, 0.2) is 122 Å². The summed E-state index contributed by atoms with van der Waals surface area (Å²) >= 11 is 0. The van der Waals surface area contributed by atoms with Gasteiger partial charge in [-0.1, -0.05) is 30.3 Å². The number of nitrogens with zero attached hydrogens (tertiary/aromatic N) is 8. The van der Waals surface area contributed by atoms with Crippen molar-refractivity contribution in [3.63, 3.8) is 0 Å². The molecule has 1 aromatic carbocycles. The van der Waals surface area contributed by atoms with Crippen LogP contribution in [-0.4, -0.2) is 44.8 Å². The van der Waals surface area contributed by atoms with Gasteiger partial charge in [-0.3, -0.25) is 39.7 Å².